The van der Waals surface area contributed by atoms with Crippen LogP contribution in [0.5, 0.6) is 0 Å². The van der Waals surface area contributed by atoms with E-state index in [0.717, 1.165) is 12.1 Å². The van der Waals surface area contributed by atoms with Crippen LogP contribution in [-0.2, 0) is 12.0 Å². The van der Waals surface area contributed by atoms with Crippen molar-refractivity contribution in [3.05, 3.63) is 126 Å². The smallest absolute Gasteiger partial charge is 0.121 e. The third-order valence-corrected chi connectivity index (χ3v) is 5.00. The Morgan fingerprint density at radius 2 is 1.14 bits per heavy atom. The number of imidazole rings is 1. The molecule has 142 valence electrons. The Balaban J connectivity index is 0.00000225. The largest absolute Gasteiger partial charge is 0.330 e. The van der Waals surface area contributed by atoms with Crippen LogP contribution >= 0.6 is 12.4 Å². The number of aromatic nitrogens is 2. The van der Waals surface area contributed by atoms with E-state index >= 15 is 0 Å². The topological polar surface area (TPSA) is 43.8 Å². The van der Waals surface area contributed by atoms with Crippen LogP contribution in [0.3, 0.4) is 0 Å². The predicted octanol–water partition coefficient (Wildman–Crippen LogP) is 4.65. The molecule has 0 aliphatic heterocycles. The van der Waals surface area contributed by atoms with Crippen molar-refractivity contribution in [3.8, 4) is 0 Å². The van der Waals surface area contributed by atoms with E-state index in [1.165, 1.54) is 16.7 Å². The first kappa shape index (κ1) is 19.9. The molecule has 0 saturated heterocycles. The molecule has 3 aromatic carbocycles. The Morgan fingerprint density at radius 1 is 0.714 bits per heavy atom. The first-order chi connectivity index (χ1) is 13.4. The van der Waals surface area contributed by atoms with E-state index < -0.39 is 5.54 Å². The Labute approximate surface area is 172 Å². The molecule has 0 amide bonds. The molecule has 4 heteroatoms. The van der Waals surface area contributed by atoms with Gasteiger partial charge in [0.05, 0.1) is 12.0 Å². The van der Waals surface area contributed by atoms with Crippen LogP contribution in [0.15, 0.2) is 104 Å². The summed E-state index contributed by atoms with van der Waals surface area (Å²) in [6.45, 7) is 0.589. The molecule has 0 bridgehead atoms. The number of nitrogens with zero attached hydrogens (tertiary/aromatic N) is 2. The number of nitrogens with two attached hydrogens (primary N) is 1. The van der Waals surface area contributed by atoms with Crippen molar-refractivity contribution in [3.63, 3.8) is 0 Å². The lowest BCUT2D eigenvalue weighted by Crippen LogP contribution is -2.36. The van der Waals surface area contributed by atoms with Crippen molar-refractivity contribution >= 4 is 12.4 Å². The first-order valence-electron chi connectivity index (χ1n) is 9.25. The summed E-state index contributed by atoms with van der Waals surface area (Å²) in [6, 6.07) is 31.8. The third-order valence-electron chi connectivity index (χ3n) is 5.00. The second-order valence-corrected chi connectivity index (χ2v) is 6.62. The van der Waals surface area contributed by atoms with E-state index in [-0.39, 0.29) is 12.4 Å². The monoisotopic (exact) mass is 389 g/mol. The van der Waals surface area contributed by atoms with Gasteiger partial charge in [0.1, 0.15) is 5.54 Å². The fourth-order valence-corrected chi connectivity index (χ4v) is 3.81. The molecular formula is C24H24ClN3. The molecule has 0 radical (unpaired) electrons. The van der Waals surface area contributed by atoms with Gasteiger partial charge in [0.15, 0.2) is 0 Å². The molecule has 0 atom stereocenters. The lowest BCUT2D eigenvalue weighted by molar-refractivity contribution is 0.514. The highest BCUT2D eigenvalue weighted by atomic mass is 35.5. The summed E-state index contributed by atoms with van der Waals surface area (Å²) in [7, 11) is 0. The number of rotatable bonds is 6. The van der Waals surface area contributed by atoms with E-state index in [0.29, 0.717) is 6.54 Å². The molecule has 3 nitrogen and oxygen atoms in total. The van der Waals surface area contributed by atoms with Gasteiger partial charge >= 0.3 is 0 Å². The van der Waals surface area contributed by atoms with Crippen LogP contribution in [0.4, 0.5) is 0 Å². The zero-order valence-corrected chi connectivity index (χ0v) is 16.4. The van der Waals surface area contributed by atoms with Crippen LogP contribution in [0.25, 0.3) is 0 Å². The molecule has 4 rings (SSSR count). The Hall–Kier alpha value is -2.88. The van der Waals surface area contributed by atoms with Crippen molar-refractivity contribution < 1.29 is 0 Å². The minimum Gasteiger partial charge on any atom is -0.330 e. The maximum absolute atomic E-state index is 5.76. The summed E-state index contributed by atoms with van der Waals surface area (Å²) in [4.78, 5) is 4.63. The highest BCUT2D eigenvalue weighted by Gasteiger charge is 2.38. The van der Waals surface area contributed by atoms with Gasteiger partial charge in [0.2, 0.25) is 0 Å². The van der Waals surface area contributed by atoms with E-state index in [1.807, 2.05) is 6.33 Å². The normalized spacial score (nSPS) is 11.0. The second-order valence-electron chi connectivity index (χ2n) is 6.62. The average molecular weight is 390 g/mol. The lowest BCUT2D eigenvalue weighted by atomic mass is 9.77. The third kappa shape index (κ3) is 3.47. The van der Waals surface area contributed by atoms with E-state index in [4.69, 9.17) is 5.73 Å². The standard InChI is InChI=1S/C24H23N3.ClH/c25-17-16-23-18-27(19-26-23)24(20-10-4-1-5-11-20,21-12-6-2-7-13-21)22-14-8-3-9-15-22;/h1-15,18-19H,16-17,25H2;1H. The molecule has 2 N–H and O–H groups in total. The minimum absolute atomic E-state index is 0. The van der Waals surface area contributed by atoms with E-state index in [2.05, 4.69) is 107 Å². The Kier molecular flexibility index (Phi) is 6.30. The molecular weight excluding hydrogens is 366 g/mol. The van der Waals surface area contributed by atoms with Crippen LogP contribution in [0.1, 0.15) is 22.4 Å². The van der Waals surface area contributed by atoms with Gasteiger partial charge in [-0.3, -0.25) is 0 Å². The molecule has 1 aromatic heterocycles. The average Bonchev–Trinajstić information content (AvgIpc) is 3.20. The van der Waals surface area contributed by atoms with Crippen molar-refractivity contribution in [2.75, 3.05) is 6.54 Å². The van der Waals surface area contributed by atoms with Gasteiger partial charge < -0.3 is 10.3 Å². The van der Waals surface area contributed by atoms with Crippen LogP contribution in [-0.4, -0.2) is 16.1 Å². The molecule has 0 spiro atoms. The van der Waals surface area contributed by atoms with Crippen molar-refractivity contribution in [1.29, 1.82) is 0 Å². The van der Waals surface area contributed by atoms with Crippen LogP contribution < -0.4 is 5.73 Å². The zero-order chi connectivity index (χ0) is 18.5. The van der Waals surface area contributed by atoms with Gasteiger partial charge in [-0.1, -0.05) is 91.0 Å². The molecule has 28 heavy (non-hydrogen) atoms. The fraction of sp³-hybridized carbons (Fsp3) is 0.125. The van der Waals surface area contributed by atoms with Gasteiger partial charge in [0, 0.05) is 12.6 Å². The van der Waals surface area contributed by atoms with Crippen LogP contribution in [0, 0.1) is 0 Å². The molecule has 0 fully saturated rings. The first-order valence-corrected chi connectivity index (χ1v) is 9.25. The predicted molar refractivity (Wildman–Crippen MR) is 117 cm³/mol. The fourth-order valence-electron chi connectivity index (χ4n) is 3.81. The second kappa shape index (κ2) is 8.87. The summed E-state index contributed by atoms with van der Waals surface area (Å²) < 4.78 is 2.22. The van der Waals surface area contributed by atoms with Gasteiger partial charge in [0.25, 0.3) is 0 Å². The highest BCUT2D eigenvalue weighted by Crippen LogP contribution is 2.40. The number of halogens is 1. The highest BCUT2D eigenvalue weighted by molar-refractivity contribution is 5.85. The summed E-state index contributed by atoms with van der Waals surface area (Å²) in [5.41, 5.74) is 9.85. The Bertz CT molecular complexity index is 885. The summed E-state index contributed by atoms with van der Waals surface area (Å²) in [5.74, 6) is 0. The van der Waals surface area contributed by atoms with Crippen LogP contribution in [0.2, 0.25) is 0 Å². The molecule has 0 unspecified atom stereocenters. The minimum atomic E-state index is -0.496. The molecule has 1 heterocycles. The number of hydrogen-bond donors (Lipinski definition) is 1. The number of hydrogen-bond acceptors (Lipinski definition) is 2. The maximum atomic E-state index is 5.76. The quantitative estimate of drug-likeness (QED) is 0.488. The van der Waals surface area contributed by atoms with Crippen molar-refractivity contribution in [2.45, 2.75) is 12.0 Å². The summed E-state index contributed by atoms with van der Waals surface area (Å²) in [6.07, 6.45) is 4.82. The summed E-state index contributed by atoms with van der Waals surface area (Å²) >= 11 is 0. The number of benzene rings is 3. The van der Waals surface area contributed by atoms with Gasteiger partial charge in [-0.15, -0.1) is 12.4 Å². The molecule has 4 aromatic rings. The lowest BCUT2D eigenvalue weighted by Gasteiger charge is -2.37. The van der Waals surface area contributed by atoms with Gasteiger partial charge in [-0.2, -0.15) is 0 Å². The van der Waals surface area contributed by atoms with Crippen molar-refractivity contribution in [1.82, 2.24) is 9.55 Å². The molecule has 0 aliphatic carbocycles. The van der Waals surface area contributed by atoms with E-state index in [9.17, 15) is 0 Å². The van der Waals surface area contributed by atoms with Gasteiger partial charge in [-0.25, -0.2) is 4.98 Å². The molecule has 0 aliphatic rings. The SMILES string of the molecule is Cl.NCCc1cn(C(c2ccccc2)(c2ccccc2)c2ccccc2)cn1. The van der Waals surface area contributed by atoms with Gasteiger partial charge in [-0.05, 0) is 23.2 Å². The van der Waals surface area contributed by atoms with E-state index in [1.54, 1.807) is 0 Å². The summed E-state index contributed by atoms with van der Waals surface area (Å²) in [5, 5.41) is 0. The zero-order valence-electron chi connectivity index (χ0n) is 15.6. The molecule has 0 saturated carbocycles. The van der Waals surface area contributed by atoms with Crippen molar-refractivity contribution in [2.24, 2.45) is 5.73 Å². The Morgan fingerprint density at radius 3 is 1.54 bits per heavy atom. The maximum Gasteiger partial charge on any atom is 0.121 e.